The number of nitrogens with zero attached hydrogens (tertiary/aromatic N) is 2. The Labute approximate surface area is 243 Å². The van der Waals surface area contributed by atoms with Crippen LogP contribution in [0.1, 0.15) is 57.6 Å². The van der Waals surface area contributed by atoms with E-state index in [2.05, 4.69) is 13.2 Å². The molecule has 6 atom stereocenters. The van der Waals surface area contributed by atoms with Gasteiger partial charge in [-0.3, -0.25) is 14.4 Å². The molecule has 1 aromatic rings. The number of likely N-dealkylation sites (tertiary alicyclic amines) is 1. The van der Waals surface area contributed by atoms with Crippen LogP contribution in [0, 0.1) is 31.6 Å². The molecule has 0 saturated carbocycles. The smallest absolute Gasteiger partial charge is 0.311 e. The van der Waals surface area contributed by atoms with E-state index in [4.69, 9.17) is 4.74 Å². The van der Waals surface area contributed by atoms with Crippen molar-refractivity contribution < 1.29 is 24.2 Å². The molecule has 40 heavy (non-hydrogen) atoms. The minimum Gasteiger partial charge on any atom is -0.465 e. The number of allylic oxidation sites excluding steroid dienone is 1. The van der Waals surface area contributed by atoms with Crippen molar-refractivity contribution in [3.8, 4) is 0 Å². The van der Waals surface area contributed by atoms with Crippen LogP contribution in [-0.2, 0) is 19.1 Å². The Kier molecular flexibility index (Phi) is 8.91. The average molecular weight is 569 g/mol. The molecular formula is C32H44N2O5S. The number of aliphatic hydroxyl groups is 1. The number of benzene rings is 1. The minimum absolute atomic E-state index is 0.0878. The number of anilines is 1. The van der Waals surface area contributed by atoms with Gasteiger partial charge in [-0.05, 0) is 69.6 Å². The van der Waals surface area contributed by atoms with Crippen LogP contribution in [0.25, 0.3) is 0 Å². The number of hydrogen-bond donors (Lipinski definition) is 1. The monoisotopic (exact) mass is 568 g/mol. The molecule has 2 bridgehead atoms. The Morgan fingerprint density at radius 3 is 2.60 bits per heavy atom. The summed E-state index contributed by atoms with van der Waals surface area (Å²) in [7, 11) is 0. The SMILES string of the molecule is C=CCCCOC(=O)[C@@H]1[C@H]2C(=O)N([C@@H](CO)C(C)C)C(C(=O)N(CC=C)c3cc(C)ccc3C)C23CC[C@@]1(C)S3. The lowest BCUT2D eigenvalue weighted by Crippen LogP contribution is -2.58. The number of unbranched alkanes of at least 4 members (excludes halogenated alkanes) is 1. The number of amides is 2. The van der Waals surface area contributed by atoms with Crippen LogP contribution < -0.4 is 4.90 Å². The summed E-state index contributed by atoms with van der Waals surface area (Å²) < 4.78 is 4.43. The zero-order valence-electron chi connectivity index (χ0n) is 24.5. The van der Waals surface area contributed by atoms with Gasteiger partial charge in [0.25, 0.3) is 5.91 Å². The number of thioether (sulfide) groups is 1. The summed E-state index contributed by atoms with van der Waals surface area (Å²) in [5.41, 5.74) is 2.75. The molecule has 0 radical (unpaired) electrons. The third kappa shape index (κ3) is 4.91. The first-order chi connectivity index (χ1) is 19.0. The van der Waals surface area contributed by atoms with E-state index in [1.54, 1.807) is 33.7 Å². The summed E-state index contributed by atoms with van der Waals surface area (Å²) in [6.07, 6.45) is 6.26. The van der Waals surface area contributed by atoms with Gasteiger partial charge in [-0.2, -0.15) is 0 Å². The topological polar surface area (TPSA) is 87.1 Å². The second-order valence-electron chi connectivity index (χ2n) is 12.1. The van der Waals surface area contributed by atoms with Gasteiger partial charge in [0.15, 0.2) is 0 Å². The Hall–Kier alpha value is -2.58. The van der Waals surface area contributed by atoms with Crippen LogP contribution in [0.5, 0.6) is 0 Å². The number of aliphatic hydroxyl groups excluding tert-OH is 1. The molecule has 3 fully saturated rings. The number of esters is 1. The van der Waals surface area contributed by atoms with E-state index in [0.29, 0.717) is 19.3 Å². The van der Waals surface area contributed by atoms with E-state index in [1.165, 1.54) is 0 Å². The van der Waals surface area contributed by atoms with E-state index in [-0.39, 0.29) is 43.5 Å². The highest BCUT2D eigenvalue weighted by atomic mass is 32.2. The molecule has 0 aliphatic carbocycles. The van der Waals surface area contributed by atoms with Gasteiger partial charge in [-0.15, -0.1) is 24.9 Å². The normalized spacial score (nSPS) is 29.4. The largest absolute Gasteiger partial charge is 0.465 e. The highest BCUT2D eigenvalue weighted by molar-refractivity contribution is 8.02. The van der Waals surface area contributed by atoms with Gasteiger partial charge in [0.1, 0.15) is 6.04 Å². The molecule has 3 heterocycles. The van der Waals surface area contributed by atoms with Gasteiger partial charge in [0.2, 0.25) is 5.91 Å². The van der Waals surface area contributed by atoms with Crippen molar-refractivity contribution in [2.24, 2.45) is 17.8 Å². The minimum atomic E-state index is -0.824. The Balaban J connectivity index is 1.82. The number of rotatable bonds is 12. The second-order valence-corrected chi connectivity index (χ2v) is 14.0. The van der Waals surface area contributed by atoms with E-state index in [9.17, 15) is 19.5 Å². The van der Waals surface area contributed by atoms with Crippen molar-refractivity contribution in [1.82, 2.24) is 4.90 Å². The summed E-state index contributed by atoms with van der Waals surface area (Å²) in [6, 6.07) is 4.61. The molecule has 0 aromatic heterocycles. The standard InChI is InChI=1S/C32H44N2O5S/c1-8-10-11-17-39-30(38)26-25-28(36)34(24(19-35)20(3)4)27(32(25)15-14-31(26,7)40-32)29(37)33(16-9-2)23-18-21(5)12-13-22(23)6/h8-9,12-13,18,20,24-27,35H,1-2,10-11,14-17,19H2,3-7H3/t24-,25-,26-,27?,31+,32?/m0/s1. The zero-order valence-corrected chi connectivity index (χ0v) is 25.3. The van der Waals surface area contributed by atoms with Crippen molar-refractivity contribution in [3.05, 3.63) is 54.6 Å². The van der Waals surface area contributed by atoms with Crippen molar-refractivity contribution >= 4 is 35.2 Å². The number of carbonyl (C=O) groups is 3. The number of ether oxygens (including phenoxy) is 1. The number of hydrogen-bond acceptors (Lipinski definition) is 6. The fraction of sp³-hybridized carbons (Fsp3) is 0.594. The molecule has 2 amide bonds. The summed E-state index contributed by atoms with van der Waals surface area (Å²) in [5.74, 6) is -2.21. The van der Waals surface area contributed by atoms with Gasteiger partial charge >= 0.3 is 5.97 Å². The first-order valence-corrected chi connectivity index (χ1v) is 15.2. The molecule has 3 aliphatic heterocycles. The Morgan fingerprint density at radius 2 is 1.98 bits per heavy atom. The van der Waals surface area contributed by atoms with Crippen LogP contribution in [-0.4, -0.2) is 69.1 Å². The molecule has 7 nitrogen and oxygen atoms in total. The van der Waals surface area contributed by atoms with Crippen molar-refractivity contribution in [3.63, 3.8) is 0 Å². The highest BCUT2D eigenvalue weighted by Gasteiger charge is 2.78. The maximum Gasteiger partial charge on any atom is 0.311 e. The van der Waals surface area contributed by atoms with Crippen molar-refractivity contribution in [1.29, 1.82) is 0 Å². The summed E-state index contributed by atoms with van der Waals surface area (Å²) in [5, 5.41) is 10.5. The average Bonchev–Trinajstić information content (AvgIpc) is 3.47. The van der Waals surface area contributed by atoms with Gasteiger partial charge in [-0.1, -0.05) is 38.1 Å². The highest BCUT2D eigenvalue weighted by Crippen LogP contribution is 2.72. The fourth-order valence-corrected chi connectivity index (χ4v) is 9.39. The van der Waals surface area contributed by atoms with E-state index in [0.717, 1.165) is 23.2 Å². The molecule has 1 aromatic carbocycles. The summed E-state index contributed by atoms with van der Waals surface area (Å²) >= 11 is 1.62. The summed E-state index contributed by atoms with van der Waals surface area (Å²) in [4.78, 5) is 46.2. The molecule has 2 unspecified atom stereocenters. The third-order valence-electron chi connectivity index (χ3n) is 9.05. The second kappa shape index (κ2) is 11.7. The third-order valence-corrected chi connectivity index (χ3v) is 11.0. The quantitative estimate of drug-likeness (QED) is 0.221. The molecule has 218 valence electrons. The van der Waals surface area contributed by atoms with Gasteiger partial charge < -0.3 is 19.6 Å². The van der Waals surface area contributed by atoms with Gasteiger partial charge in [0, 0.05) is 17.0 Å². The fourth-order valence-electron chi connectivity index (χ4n) is 7.06. The van der Waals surface area contributed by atoms with Crippen LogP contribution in [0.2, 0.25) is 0 Å². The van der Waals surface area contributed by atoms with Crippen LogP contribution >= 0.6 is 11.8 Å². The molecule has 4 rings (SSSR count). The lowest BCUT2D eigenvalue weighted by molar-refractivity contribution is -0.156. The molecular weight excluding hydrogens is 524 g/mol. The van der Waals surface area contributed by atoms with Crippen LogP contribution in [0.4, 0.5) is 5.69 Å². The van der Waals surface area contributed by atoms with E-state index in [1.807, 2.05) is 52.8 Å². The molecule has 3 aliphatic rings. The van der Waals surface area contributed by atoms with Gasteiger partial charge in [0.05, 0.1) is 35.8 Å². The van der Waals surface area contributed by atoms with Crippen molar-refractivity contribution in [2.45, 2.75) is 81.9 Å². The predicted octanol–water partition coefficient (Wildman–Crippen LogP) is 4.83. The Morgan fingerprint density at radius 1 is 1.25 bits per heavy atom. The van der Waals surface area contributed by atoms with Crippen LogP contribution in [0.15, 0.2) is 43.5 Å². The van der Waals surface area contributed by atoms with Crippen molar-refractivity contribution in [2.75, 3.05) is 24.7 Å². The first-order valence-electron chi connectivity index (χ1n) is 14.4. The van der Waals surface area contributed by atoms with Gasteiger partial charge in [-0.25, -0.2) is 0 Å². The maximum absolute atomic E-state index is 14.8. The maximum atomic E-state index is 14.8. The molecule has 1 spiro atoms. The Bertz CT molecular complexity index is 1180. The zero-order chi connectivity index (χ0) is 29.4. The molecule has 3 saturated heterocycles. The molecule has 8 heteroatoms. The lowest BCUT2D eigenvalue weighted by atomic mass is 9.66. The van der Waals surface area contributed by atoms with E-state index >= 15 is 0 Å². The van der Waals surface area contributed by atoms with E-state index < -0.39 is 33.4 Å². The molecule has 1 N–H and O–H groups in total. The summed E-state index contributed by atoms with van der Waals surface area (Å²) in [6.45, 7) is 17.8. The van der Waals surface area contributed by atoms with Crippen LogP contribution in [0.3, 0.4) is 0 Å². The first kappa shape index (κ1) is 30.4. The number of aryl methyl sites for hydroxylation is 2. The number of carbonyl (C=O) groups excluding carboxylic acids is 3. The predicted molar refractivity (Wildman–Crippen MR) is 160 cm³/mol. The lowest BCUT2D eigenvalue weighted by Gasteiger charge is -2.41. The number of fused-ring (bicyclic) bond motifs is 1.